The molecular formula is C19H20ClN2+. The van der Waals surface area contributed by atoms with Crippen molar-refractivity contribution >= 4 is 11.6 Å². The molecule has 0 radical (unpaired) electrons. The van der Waals surface area contributed by atoms with Crippen molar-refractivity contribution in [2.45, 2.75) is 13.8 Å². The first-order valence-electron chi connectivity index (χ1n) is 7.37. The van der Waals surface area contributed by atoms with Crippen molar-refractivity contribution in [2.75, 3.05) is 0 Å². The van der Waals surface area contributed by atoms with Gasteiger partial charge in [-0.25, -0.2) is 0 Å². The molecule has 0 saturated heterocycles. The first-order chi connectivity index (χ1) is 10.5. The topological polar surface area (TPSA) is 8.81 Å². The maximum absolute atomic E-state index is 6.18. The summed E-state index contributed by atoms with van der Waals surface area (Å²) in [5.74, 6) is 0. The van der Waals surface area contributed by atoms with Gasteiger partial charge in [-0.3, -0.25) is 0 Å². The summed E-state index contributed by atoms with van der Waals surface area (Å²) in [6.07, 6.45) is 0. The molecular weight excluding hydrogens is 292 g/mol. The number of benzene rings is 2. The minimum absolute atomic E-state index is 0.765. The van der Waals surface area contributed by atoms with E-state index in [1.807, 2.05) is 12.1 Å². The second-order valence-electron chi connectivity index (χ2n) is 5.79. The molecule has 0 aliphatic rings. The number of hydrogen-bond acceptors (Lipinski definition) is 0. The largest absolute Gasteiger partial charge is 0.238 e. The average Bonchev–Trinajstić information content (AvgIpc) is 2.79. The predicted octanol–water partition coefficient (Wildman–Crippen LogP) is 4.45. The average molecular weight is 312 g/mol. The van der Waals surface area contributed by atoms with Crippen LogP contribution in [0.3, 0.4) is 0 Å². The quantitative estimate of drug-likeness (QED) is 0.618. The van der Waals surface area contributed by atoms with Crippen LogP contribution in [0.1, 0.15) is 11.1 Å². The van der Waals surface area contributed by atoms with E-state index in [0.717, 1.165) is 10.7 Å². The lowest BCUT2D eigenvalue weighted by Crippen LogP contribution is -2.39. The van der Waals surface area contributed by atoms with E-state index in [4.69, 9.17) is 11.6 Å². The summed E-state index contributed by atoms with van der Waals surface area (Å²) in [5.41, 5.74) is 7.24. The van der Waals surface area contributed by atoms with E-state index in [-0.39, 0.29) is 0 Å². The predicted molar refractivity (Wildman–Crippen MR) is 91.9 cm³/mol. The standard InChI is InChI=1S/C19H20ClN2/c1-13-5-8-15(9-6-13)18-12-19(22(4)21(18)3)17-11-16(20)10-7-14(17)2/h5-12H,1-4H3/q+1. The van der Waals surface area contributed by atoms with Crippen LogP contribution in [0.5, 0.6) is 0 Å². The Labute approximate surface area is 136 Å². The highest BCUT2D eigenvalue weighted by molar-refractivity contribution is 6.30. The minimum Gasteiger partial charge on any atom is -0.156 e. The Morgan fingerprint density at radius 2 is 1.64 bits per heavy atom. The van der Waals surface area contributed by atoms with Crippen LogP contribution in [0.2, 0.25) is 5.02 Å². The van der Waals surface area contributed by atoms with E-state index in [9.17, 15) is 0 Å². The van der Waals surface area contributed by atoms with Crippen molar-refractivity contribution in [3.05, 3.63) is 64.7 Å². The van der Waals surface area contributed by atoms with Crippen LogP contribution < -0.4 is 4.68 Å². The number of halogens is 1. The van der Waals surface area contributed by atoms with Gasteiger partial charge in [0.1, 0.15) is 5.69 Å². The second-order valence-corrected chi connectivity index (χ2v) is 6.22. The molecule has 1 aromatic heterocycles. The number of rotatable bonds is 2. The van der Waals surface area contributed by atoms with Crippen LogP contribution in [-0.4, -0.2) is 4.68 Å². The van der Waals surface area contributed by atoms with Crippen LogP contribution in [0.4, 0.5) is 0 Å². The van der Waals surface area contributed by atoms with Crippen molar-refractivity contribution in [1.82, 2.24) is 4.68 Å². The Bertz CT molecular complexity index is 829. The second kappa shape index (κ2) is 5.62. The highest BCUT2D eigenvalue weighted by Gasteiger charge is 2.20. The summed E-state index contributed by atoms with van der Waals surface area (Å²) < 4.78 is 4.33. The van der Waals surface area contributed by atoms with Crippen LogP contribution >= 0.6 is 11.6 Å². The summed E-state index contributed by atoms with van der Waals surface area (Å²) in [5, 5.41) is 0.765. The summed E-state index contributed by atoms with van der Waals surface area (Å²) in [6, 6.07) is 16.9. The van der Waals surface area contributed by atoms with E-state index in [2.05, 4.69) is 73.7 Å². The molecule has 0 aliphatic heterocycles. The zero-order valence-electron chi connectivity index (χ0n) is 13.4. The number of aromatic nitrogens is 2. The first kappa shape index (κ1) is 14.9. The molecule has 22 heavy (non-hydrogen) atoms. The van der Waals surface area contributed by atoms with E-state index >= 15 is 0 Å². The van der Waals surface area contributed by atoms with Gasteiger partial charge in [0.2, 0.25) is 5.69 Å². The van der Waals surface area contributed by atoms with Gasteiger partial charge in [-0.1, -0.05) is 35.4 Å². The summed E-state index contributed by atoms with van der Waals surface area (Å²) in [7, 11) is 4.16. The molecule has 2 aromatic carbocycles. The van der Waals surface area contributed by atoms with E-state index in [1.54, 1.807) is 0 Å². The fourth-order valence-electron chi connectivity index (χ4n) is 2.76. The molecule has 0 amide bonds. The lowest BCUT2D eigenvalue weighted by Gasteiger charge is -2.05. The highest BCUT2D eigenvalue weighted by atomic mass is 35.5. The Balaban J connectivity index is 2.17. The van der Waals surface area contributed by atoms with Crippen LogP contribution in [-0.2, 0) is 14.1 Å². The maximum Gasteiger partial charge on any atom is 0.238 e. The molecule has 0 bridgehead atoms. The van der Waals surface area contributed by atoms with Crippen molar-refractivity contribution in [3.8, 4) is 22.5 Å². The fraction of sp³-hybridized carbons (Fsp3) is 0.211. The van der Waals surface area contributed by atoms with Gasteiger partial charge < -0.3 is 0 Å². The third kappa shape index (κ3) is 2.55. The van der Waals surface area contributed by atoms with E-state index < -0.39 is 0 Å². The van der Waals surface area contributed by atoms with Crippen molar-refractivity contribution in [3.63, 3.8) is 0 Å². The van der Waals surface area contributed by atoms with Gasteiger partial charge in [0.25, 0.3) is 0 Å². The fourth-order valence-corrected chi connectivity index (χ4v) is 2.93. The van der Waals surface area contributed by atoms with Crippen molar-refractivity contribution in [2.24, 2.45) is 14.1 Å². The van der Waals surface area contributed by atoms with Gasteiger partial charge in [0.05, 0.1) is 7.05 Å². The van der Waals surface area contributed by atoms with Crippen LogP contribution in [0.15, 0.2) is 48.5 Å². The van der Waals surface area contributed by atoms with Crippen LogP contribution in [0.25, 0.3) is 22.5 Å². The van der Waals surface area contributed by atoms with Crippen molar-refractivity contribution < 1.29 is 4.68 Å². The van der Waals surface area contributed by atoms with Gasteiger partial charge in [-0.15, -0.1) is 4.68 Å². The molecule has 0 saturated carbocycles. The molecule has 0 unspecified atom stereocenters. The Kier molecular flexibility index (Phi) is 3.79. The lowest BCUT2D eigenvalue weighted by atomic mass is 10.0. The summed E-state index contributed by atoms with van der Waals surface area (Å²) >= 11 is 6.18. The third-order valence-electron chi connectivity index (χ3n) is 4.24. The molecule has 2 nitrogen and oxygen atoms in total. The molecule has 112 valence electrons. The zero-order valence-corrected chi connectivity index (χ0v) is 14.1. The van der Waals surface area contributed by atoms with Gasteiger partial charge in [0.15, 0.2) is 7.05 Å². The van der Waals surface area contributed by atoms with Crippen molar-refractivity contribution in [1.29, 1.82) is 0 Å². The molecule has 1 heterocycles. The monoisotopic (exact) mass is 311 g/mol. The molecule has 0 aliphatic carbocycles. The molecule has 3 rings (SSSR count). The lowest BCUT2D eigenvalue weighted by molar-refractivity contribution is -0.740. The number of aryl methyl sites for hydroxylation is 2. The van der Waals surface area contributed by atoms with Crippen LogP contribution in [0, 0.1) is 13.8 Å². The normalized spacial score (nSPS) is 11.0. The smallest absolute Gasteiger partial charge is 0.156 e. The molecule has 0 fully saturated rings. The highest BCUT2D eigenvalue weighted by Crippen LogP contribution is 2.29. The van der Waals surface area contributed by atoms with Gasteiger partial charge in [-0.05, 0) is 43.7 Å². The third-order valence-corrected chi connectivity index (χ3v) is 4.48. The Hall–Kier alpha value is -2.06. The van der Waals surface area contributed by atoms with E-state index in [1.165, 1.54) is 27.9 Å². The summed E-state index contributed by atoms with van der Waals surface area (Å²) in [4.78, 5) is 0. The molecule has 0 N–H and O–H groups in total. The minimum atomic E-state index is 0.765. The SMILES string of the molecule is Cc1ccc(-c2cc(-c3cc(Cl)ccc3C)n(C)[n+]2C)cc1. The van der Waals surface area contributed by atoms with E-state index in [0.29, 0.717) is 0 Å². The molecule has 3 aromatic rings. The van der Waals surface area contributed by atoms with Gasteiger partial charge in [0, 0.05) is 22.2 Å². The first-order valence-corrected chi connectivity index (χ1v) is 7.75. The number of hydrogen-bond donors (Lipinski definition) is 0. The summed E-state index contributed by atoms with van der Waals surface area (Å²) in [6.45, 7) is 4.22. The Morgan fingerprint density at radius 3 is 2.32 bits per heavy atom. The van der Waals surface area contributed by atoms with Gasteiger partial charge >= 0.3 is 0 Å². The Morgan fingerprint density at radius 1 is 0.955 bits per heavy atom. The number of nitrogens with zero attached hydrogens (tertiary/aromatic N) is 2. The maximum atomic E-state index is 6.18. The zero-order chi connectivity index (χ0) is 15.9. The molecule has 0 atom stereocenters. The molecule has 3 heteroatoms. The van der Waals surface area contributed by atoms with Gasteiger partial charge in [-0.2, -0.15) is 4.68 Å². The molecule has 0 spiro atoms.